The molecule has 3 heterocycles. The molecule has 2 aromatic carbocycles. The van der Waals surface area contributed by atoms with Gasteiger partial charge in [0, 0.05) is 29.4 Å². The molecule has 31 heavy (non-hydrogen) atoms. The number of hydrogen-bond acceptors (Lipinski definition) is 4. The monoisotopic (exact) mass is 416 g/mol. The zero-order valence-corrected chi connectivity index (χ0v) is 16.2. The molecule has 2 aromatic heterocycles. The average Bonchev–Trinajstić information content (AvgIpc) is 3.24. The molecule has 1 fully saturated rings. The Hall–Kier alpha value is -4.20. The summed E-state index contributed by atoms with van der Waals surface area (Å²) in [4.78, 5) is 29.0. The van der Waals surface area contributed by atoms with Crippen LogP contribution in [0.3, 0.4) is 0 Å². The van der Waals surface area contributed by atoms with Crippen LogP contribution in [0, 0.1) is 5.82 Å². The van der Waals surface area contributed by atoms with Crippen LogP contribution in [0.1, 0.15) is 5.56 Å². The fourth-order valence-corrected chi connectivity index (χ4v) is 3.97. The lowest BCUT2D eigenvalue weighted by Gasteiger charge is -2.27. The Morgan fingerprint density at radius 3 is 2.55 bits per heavy atom. The van der Waals surface area contributed by atoms with Crippen LogP contribution in [0.4, 0.5) is 9.18 Å². The first-order valence-corrected chi connectivity index (χ1v) is 9.58. The summed E-state index contributed by atoms with van der Waals surface area (Å²) >= 11 is 0. The number of nitrogens with zero attached hydrogens (tertiary/aromatic N) is 2. The lowest BCUT2D eigenvalue weighted by atomic mass is 9.88. The number of imide groups is 1. The molecule has 5 rings (SSSR count). The first-order chi connectivity index (χ1) is 15.0. The van der Waals surface area contributed by atoms with Gasteiger partial charge in [0.2, 0.25) is 0 Å². The van der Waals surface area contributed by atoms with Gasteiger partial charge in [-0.3, -0.25) is 15.1 Å². The number of rotatable bonds is 4. The van der Waals surface area contributed by atoms with Gasteiger partial charge in [0.15, 0.2) is 11.4 Å². The van der Waals surface area contributed by atoms with Crippen LogP contribution in [0.15, 0.2) is 73.2 Å². The van der Waals surface area contributed by atoms with Crippen LogP contribution in [0.5, 0.6) is 5.88 Å². The molecule has 7 nitrogen and oxygen atoms in total. The lowest BCUT2D eigenvalue weighted by molar-refractivity contribution is -0.124. The Morgan fingerprint density at radius 2 is 1.87 bits per heavy atom. The Kier molecular flexibility index (Phi) is 4.21. The van der Waals surface area contributed by atoms with Crippen molar-refractivity contribution in [2.45, 2.75) is 12.1 Å². The van der Waals surface area contributed by atoms with Crippen LogP contribution in [-0.4, -0.2) is 26.6 Å². The third-order valence-electron chi connectivity index (χ3n) is 5.54. The van der Waals surface area contributed by atoms with E-state index in [1.54, 1.807) is 36.8 Å². The van der Waals surface area contributed by atoms with Crippen molar-refractivity contribution in [1.29, 1.82) is 0 Å². The summed E-state index contributed by atoms with van der Waals surface area (Å²) in [5.41, 5.74) is 0.934. The Labute approximate surface area is 176 Å². The molecule has 4 aromatic rings. The Bertz CT molecular complexity index is 1320. The highest BCUT2D eigenvalue weighted by molar-refractivity contribution is 6.07. The van der Waals surface area contributed by atoms with Crippen molar-refractivity contribution >= 4 is 22.7 Å². The average molecular weight is 416 g/mol. The molecular formula is C23H17FN4O3. The molecule has 3 amide bonds. The lowest BCUT2D eigenvalue weighted by Crippen LogP contribution is -2.47. The van der Waals surface area contributed by atoms with Crippen LogP contribution in [0.2, 0.25) is 0 Å². The Morgan fingerprint density at radius 1 is 1.06 bits per heavy atom. The summed E-state index contributed by atoms with van der Waals surface area (Å²) in [5, 5.41) is 16.6. The van der Waals surface area contributed by atoms with Crippen molar-refractivity contribution < 1.29 is 19.1 Å². The highest BCUT2D eigenvalue weighted by Crippen LogP contribution is 2.34. The predicted octanol–water partition coefficient (Wildman–Crippen LogP) is 3.28. The topological polar surface area (TPSA) is 96.2 Å². The van der Waals surface area contributed by atoms with Gasteiger partial charge >= 0.3 is 6.03 Å². The van der Waals surface area contributed by atoms with E-state index in [9.17, 15) is 19.1 Å². The van der Waals surface area contributed by atoms with Gasteiger partial charge in [-0.15, -0.1) is 0 Å². The van der Waals surface area contributed by atoms with Gasteiger partial charge in [0.25, 0.3) is 5.91 Å². The van der Waals surface area contributed by atoms with Gasteiger partial charge in [-0.25, -0.2) is 9.18 Å². The van der Waals surface area contributed by atoms with E-state index < -0.39 is 23.3 Å². The van der Waals surface area contributed by atoms with E-state index in [1.807, 2.05) is 24.3 Å². The maximum Gasteiger partial charge on any atom is 0.322 e. The number of urea groups is 1. The highest BCUT2D eigenvalue weighted by atomic mass is 19.1. The quantitative estimate of drug-likeness (QED) is 0.445. The van der Waals surface area contributed by atoms with Crippen molar-refractivity contribution in [3.63, 3.8) is 0 Å². The molecule has 1 aliphatic rings. The molecule has 1 saturated heterocycles. The minimum Gasteiger partial charge on any atom is -0.494 e. The predicted molar refractivity (Wildman–Crippen MR) is 112 cm³/mol. The Balaban J connectivity index is 1.57. The van der Waals surface area contributed by atoms with E-state index in [0.29, 0.717) is 16.3 Å². The molecule has 1 aliphatic heterocycles. The summed E-state index contributed by atoms with van der Waals surface area (Å²) in [6, 6.07) is 14.4. The molecule has 8 heteroatoms. The van der Waals surface area contributed by atoms with Crippen molar-refractivity contribution in [3.05, 3.63) is 84.6 Å². The molecule has 154 valence electrons. The van der Waals surface area contributed by atoms with Gasteiger partial charge in [0.1, 0.15) is 5.82 Å². The van der Waals surface area contributed by atoms with Crippen molar-refractivity contribution in [3.8, 4) is 17.0 Å². The van der Waals surface area contributed by atoms with E-state index in [-0.39, 0.29) is 12.4 Å². The number of aromatic hydroxyl groups is 1. The molecule has 0 aliphatic carbocycles. The van der Waals surface area contributed by atoms with Gasteiger partial charge in [-0.05, 0) is 41.0 Å². The van der Waals surface area contributed by atoms with Crippen molar-refractivity contribution in [2.75, 3.05) is 0 Å². The van der Waals surface area contributed by atoms with E-state index >= 15 is 0 Å². The van der Waals surface area contributed by atoms with Gasteiger partial charge in [-0.1, -0.05) is 30.3 Å². The van der Waals surface area contributed by atoms with E-state index in [2.05, 4.69) is 15.6 Å². The minimum atomic E-state index is -1.43. The van der Waals surface area contributed by atoms with Gasteiger partial charge in [0.05, 0.1) is 6.54 Å². The fraction of sp³-hybridized carbons (Fsp3) is 0.0870. The number of aromatic nitrogens is 2. The van der Waals surface area contributed by atoms with Crippen molar-refractivity contribution in [1.82, 2.24) is 20.2 Å². The molecule has 0 radical (unpaired) electrons. The van der Waals surface area contributed by atoms with Crippen LogP contribution >= 0.6 is 0 Å². The number of fused-ring (bicyclic) bond motifs is 1. The van der Waals surface area contributed by atoms with Gasteiger partial charge in [-0.2, -0.15) is 0 Å². The summed E-state index contributed by atoms with van der Waals surface area (Å²) in [6.07, 6.45) is 5.04. The molecule has 3 N–H and O–H groups in total. The number of benzene rings is 2. The zero-order chi connectivity index (χ0) is 21.6. The first kappa shape index (κ1) is 18.8. The zero-order valence-electron chi connectivity index (χ0n) is 16.2. The highest BCUT2D eigenvalue weighted by Gasteiger charge is 2.48. The third kappa shape index (κ3) is 3.09. The van der Waals surface area contributed by atoms with E-state index in [1.165, 1.54) is 16.7 Å². The summed E-state index contributed by atoms with van der Waals surface area (Å²) in [6.45, 7) is -0.0705. The van der Waals surface area contributed by atoms with Crippen molar-refractivity contribution in [2.24, 2.45) is 0 Å². The van der Waals surface area contributed by atoms with E-state index in [4.69, 9.17) is 0 Å². The first-order valence-electron chi connectivity index (χ1n) is 9.58. The number of halogens is 1. The smallest absolute Gasteiger partial charge is 0.322 e. The number of hydrogen-bond donors (Lipinski definition) is 3. The summed E-state index contributed by atoms with van der Waals surface area (Å²) in [7, 11) is 0. The van der Waals surface area contributed by atoms with Gasteiger partial charge < -0.3 is 15.0 Å². The van der Waals surface area contributed by atoms with Crippen LogP contribution in [0.25, 0.3) is 21.9 Å². The summed E-state index contributed by atoms with van der Waals surface area (Å²) < 4.78 is 15.1. The second-order valence-corrected chi connectivity index (χ2v) is 7.44. The molecular weight excluding hydrogens is 399 g/mol. The van der Waals surface area contributed by atoms with Crippen LogP contribution < -0.4 is 10.6 Å². The maximum absolute atomic E-state index is 13.6. The van der Waals surface area contributed by atoms with E-state index in [0.717, 1.165) is 11.1 Å². The SMILES string of the molecule is O=C1NC(=O)[C@](Cn2cc3ccc(F)cc3c2O)(c2ccc(-c3cccnc3)cc2)N1. The fourth-order valence-electron chi connectivity index (χ4n) is 3.97. The number of nitrogens with one attached hydrogen (secondary N) is 2. The van der Waals surface area contributed by atoms with Crippen LogP contribution in [-0.2, 0) is 16.9 Å². The molecule has 0 saturated carbocycles. The third-order valence-corrected chi connectivity index (χ3v) is 5.54. The second-order valence-electron chi connectivity index (χ2n) is 7.44. The standard InChI is InChI=1S/C23H17FN4O3/c24-18-8-5-16-12-28(20(29)19(16)10-18)13-23(21(30)26-22(31)27-23)17-6-3-14(4-7-17)15-2-1-9-25-11-15/h1-12,29H,13H2,(H2,26,27,30,31)/t23-/m0/s1. The largest absolute Gasteiger partial charge is 0.494 e. The molecule has 1 atom stereocenters. The number of amides is 3. The molecule has 0 unspecified atom stereocenters. The summed E-state index contributed by atoms with van der Waals surface area (Å²) in [5.74, 6) is -1.20. The molecule has 0 bridgehead atoms. The normalized spacial score (nSPS) is 18.2. The number of pyridine rings is 1. The minimum absolute atomic E-state index is 0.0705. The number of carbonyl (C=O) groups excluding carboxylic acids is 2. The molecule has 0 spiro atoms. The second kappa shape index (κ2) is 6.94. The maximum atomic E-state index is 13.6. The number of carbonyl (C=O) groups is 2.